The van der Waals surface area contributed by atoms with Gasteiger partial charge in [0.15, 0.2) is 0 Å². The lowest BCUT2D eigenvalue weighted by Gasteiger charge is -2.08. The highest BCUT2D eigenvalue weighted by molar-refractivity contribution is 5.97. The number of hydrogen-bond acceptors (Lipinski definition) is 5. The van der Waals surface area contributed by atoms with Crippen LogP contribution < -0.4 is 4.74 Å². The number of hydrogen-bond donors (Lipinski definition) is 0. The Balaban J connectivity index is 2.31. The second kappa shape index (κ2) is 3.92. The molecule has 0 spiro atoms. The highest BCUT2D eigenvalue weighted by atomic mass is 16.6. The minimum absolute atomic E-state index is 0.0896. The van der Waals surface area contributed by atoms with Crippen LogP contribution in [0.5, 0.6) is 5.88 Å². The predicted octanol–water partition coefficient (Wildman–Crippen LogP) is 0.956. The van der Waals surface area contributed by atoms with Crippen molar-refractivity contribution in [2.45, 2.75) is 19.3 Å². The van der Waals surface area contributed by atoms with Gasteiger partial charge in [-0.2, -0.15) is 0 Å². The summed E-state index contributed by atoms with van der Waals surface area (Å²) in [6.07, 6.45) is 1.63. The van der Waals surface area contributed by atoms with Crippen molar-refractivity contribution in [3.05, 3.63) is 23.4 Å². The van der Waals surface area contributed by atoms with Gasteiger partial charge in [0.05, 0.1) is 19.4 Å². The van der Waals surface area contributed by atoms with Crippen LogP contribution in [-0.4, -0.2) is 24.0 Å². The molecule has 1 aliphatic heterocycles. The maximum atomic E-state index is 11.3. The molecule has 0 aromatic carbocycles. The Bertz CT molecular complexity index is 455. The second-order valence-electron chi connectivity index (χ2n) is 3.64. The van der Waals surface area contributed by atoms with Gasteiger partial charge in [-0.1, -0.05) is 0 Å². The lowest BCUT2D eigenvalue weighted by molar-refractivity contribution is -0.152. The summed E-state index contributed by atoms with van der Waals surface area (Å²) in [6, 6.07) is 1.79. The van der Waals surface area contributed by atoms with Crippen LogP contribution in [0.1, 0.15) is 23.5 Å². The Labute approximate surface area is 92.4 Å². The summed E-state index contributed by atoms with van der Waals surface area (Å²) >= 11 is 0. The predicted molar refractivity (Wildman–Crippen MR) is 54.0 cm³/mol. The molecule has 1 aliphatic rings. The van der Waals surface area contributed by atoms with Gasteiger partial charge in [0.2, 0.25) is 5.88 Å². The zero-order chi connectivity index (χ0) is 11.7. The largest absolute Gasteiger partial charge is 0.481 e. The Morgan fingerprint density at radius 2 is 2.25 bits per heavy atom. The molecule has 1 saturated heterocycles. The first-order chi connectivity index (χ1) is 7.61. The summed E-state index contributed by atoms with van der Waals surface area (Å²) < 4.78 is 9.50. The first kappa shape index (κ1) is 10.6. The molecule has 1 aromatic heterocycles. The summed E-state index contributed by atoms with van der Waals surface area (Å²) in [4.78, 5) is 26.4. The number of cyclic esters (lactones) is 2. The maximum Gasteiger partial charge on any atom is 0.321 e. The average Bonchev–Trinajstić information content (AvgIpc) is 2.58. The van der Waals surface area contributed by atoms with E-state index in [1.54, 1.807) is 6.07 Å². The van der Waals surface area contributed by atoms with Crippen LogP contribution in [0.2, 0.25) is 0 Å². The number of ether oxygens (including phenoxy) is 2. The van der Waals surface area contributed by atoms with Crippen LogP contribution in [-0.2, 0) is 14.3 Å². The summed E-state index contributed by atoms with van der Waals surface area (Å²) in [5.74, 6) is -0.995. The van der Waals surface area contributed by atoms with Gasteiger partial charge in [0, 0.05) is 11.8 Å². The summed E-state index contributed by atoms with van der Waals surface area (Å²) in [5.41, 5.74) is 1.52. The smallest absolute Gasteiger partial charge is 0.321 e. The van der Waals surface area contributed by atoms with Crippen molar-refractivity contribution in [3.63, 3.8) is 0 Å². The number of carbonyl (C=O) groups is 2. The van der Waals surface area contributed by atoms with Crippen molar-refractivity contribution in [1.82, 2.24) is 4.98 Å². The standard InChI is InChI=1S/C11H11NO4/c1-6-3-7(5-12-10(6)15-2)8-4-9(13)16-11(8)14/h3,5,8H,4H2,1-2H3. The summed E-state index contributed by atoms with van der Waals surface area (Å²) in [7, 11) is 1.53. The molecule has 0 bridgehead atoms. The number of methoxy groups -OCH3 is 1. The lowest BCUT2D eigenvalue weighted by Crippen LogP contribution is -2.06. The molecule has 0 N–H and O–H groups in total. The van der Waals surface area contributed by atoms with E-state index in [-0.39, 0.29) is 6.42 Å². The molecular weight excluding hydrogens is 210 g/mol. The topological polar surface area (TPSA) is 65.5 Å². The molecule has 1 unspecified atom stereocenters. The average molecular weight is 221 g/mol. The number of pyridine rings is 1. The molecule has 0 radical (unpaired) electrons. The van der Waals surface area contributed by atoms with E-state index in [1.165, 1.54) is 13.3 Å². The Hall–Kier alpha value is -1.91. The van der Waals surface area contributed by atoms with E-state index in [9.17, 15) is 9.59 Å². The van der Waals surface area contributed by atoms with Crippen molar-refractivity contribution in [2.75, 3.05) is 7.11 Å². The van der Waals surface area contributed by atoms with E-state index in [1.807, 2.05) is 6.92 Å². The number of esters is 2. The number of nitrogens with zero attached hydrogens (tertiary/aromatic N) is 1. The quantitative estimate of drug-likeness (QED) is 0.549. The third-order valence-corrected chi connectivity index (χ3v) is 2.52. The van der Waals surface area contributed by atoms with E-state index < -0.39 is 17.9 Å². The molecule has 5 heteroatoms. The SMILES string of the molecule is COc1ncc(C2CC(=O)OC2=O)cc1C. The monoisotopic (exact) mass is 221 g/mol. The Morgan fingerprint density at radius 1 is 1.50 bits per heavy atom. The van der Waals surface area contributed by atoms with Gasteiger partial charge in [0.25, 0.3) is 0 Å². The molecule has 84 valence electrons. The fourth-order valence-electron chi connectivity index (χ4n) is 1.72. The van der Waals surface area contributed by atoms with Crippen molar-refractivity contribution >= 4 is 11.9 Å². The zero-order valence-electron chi connectivity index (χ0n) is 9.02. The first-order valence-electron chi connectivity index (χ1n) is 4.87. The highest BCUT2D eigenvalue weighted by Gasteiger charge is 2.35. The fourth-order valence-corrected chi connectivity index (χ4v) is 1.72. The minimum Gasteiger partial charge on any atom is -0.481 e. The van der Waals surface area contributed by atoms with Crippen LogP contribution in [0, 0.1) is 6.92 Å². The molecule has 0 aliphatic carbocycles. The number of carbonyl (C=O) groups excluding carboxylic acids is 2. The van der Waals surface area contributed by atoms with Crippen LogP contribution in [0.25, 0.3) is 0 Å². The molecule has 1 atom stereocenters. The first-order valence-corrected chi connectivity index (χ1v) is 4.87. The zero-order valence-corrected chi connectivity index (χ0v) is 9.02. The maximum absolute atomic E-state index is 11.3. The normalized spacial score (nSPS) is 19.8. The summed E-state index contributed by atoms with van der Waals surface area (Å²) in [5, 5.41) is 0. The second-order valence-corrected chi connectivity index (χ2v) is 3.64. The van der Waals surface area contributed by atoms with E-state index in [4.69, 9.17) is 4.74 Å². The van der Waals surface area contributed by atoms with E-state index in [0.29, 0.717) is 11.4 Å². The number of aromatic nitrogens is 1. The molecule has 0 saturated carbocycles. The molecule has 5 nitrogen and oxygen atoms in total. The van der Waals surface area contributed by atoms with E-state index in [0.717, 1.165) is 5.56 Å². The van der Waals surface area contributed by atoms with Crippen molar-refractivity contribution in [2.24, 2.45) is 0 Å². The third-order valence-electron chi connectivity index (χ3n) is 2.52. The van der Waals surface area contributed by atoms with E-state index in [2.05, 4.69) is 9.72 Å². The van der Waals surface area contributed by atoms with Gasteiger partial charge < -0.3 is 9.47 Å². The highest BCUT2D eigenvalue weighted by Crippen LogP contribution is 2.29. The van der Waals surface area contributed by atoms with Gasteiger partial charge in [-0.05, 0) is 18.6 Å². The molecule has 1 aromatic rings. The Kier molecular flexibility index (Phi) is 2.60. The molecule has 0 amide bonds. The summed E-state index contributed by atoms with van der Waals surface area (Å²) in [6.45, 7) is 1.83. The number of rotatable bonds is 2. The van der Waals surface area contributed by atoms with Crippen molar-refractivity contribution in [1.29, 1.82) is 0 Å². The number of aryl methyl sites for hydroxylation is 1. The van der Waals surface area contributed by atoms with Crippen LogP contribution in [0.4, 0.5) is 0 Å². The minimum atomic E-state index is -0.524. The molecule has 1 fully saturated rings. The van der Waals surface area contributed by atoms with Crippen LogP contribution >= 0.6 is 0 Å². The van der Waals surface area contributed by atoms with Gasteiger partial charge in [0.1, 0.15) is 0 Å². The van der Waals surface area contributed by atoms with Crippen LogP contribution in [0.3, 0.4) is 0 Å². The molecule has 2 heterocycles. The fraction of sp³-hybridized carbons (Fsp3) is 0.364. The Morgan fingerprint density at radius 3 is 2.75 bits per heavy atom. The lowest BCUT2D eigenvalue weighted by atomic mass is 9.98. The van der Waals surface area contributed by atoms with Gasteiger partial charge in [-0.25, -0.2) is 4.98 Å². The molecule has 16 heavy (non-hydrogen) atoms. The van der Waals surface area contributed by atoms with Gasteiger partial charge in [-0.3, -0.25) is 9.59 Å². The molecule has 2 rings (SSSR count). The van der Waals surface area contributed by atoms with E-state index >= 15 is 0 Å². The van der Waals surface area contributed by atoms with Gasteiger partial charge in [-0.15, -0.1) is 0 Å². The van der Waals surface area contributed by atoms with Crippen LogP contribution in [0.15, 0.2) is 12.3 Å². The molecular formula is C11H11NO4. The van der Waals surface area contributed by atoms with Gasteiger partial charge >= 0.3 is 11.9 Å². The third kappa shape index (κ3) is 1.76. The van der Waals surface area contributed by atoms with Crippen molar-refractivity contribution in [3.8, 4) is 5.88 Å². The van der Waals surface area contributed by atoms with Crippen molar-refractivity contribution < 1.29 is 19.1 Å².